The molecule has 0 bridgehead atoms. The Morgan fingerprint density at radius 2 is 0.700 bits per heavy atom. The second kappa shape index (κ2) is 58.1. The van der Waals surface area contributed by atoms with Gasteiger partial charge >= 0.3 is 11.9 Å². The molecular weight excluding hydrogens is 1960 g/mol. The Morgan fingerprint density at radius 3 is 0.993 bits per heavy atom. The van der Waals surface area contributed by atoms with Gasteiger partial charge in [0, 0.05) is 78.6 Å². The monoisotopic (exact) mass is 2120 g/mol. The number of nitrogens with one attached hydrogen (secondary N) is 4. The number of ether oxygens (including phenoxy) is 6. The van der Waals surface area contributed by atoms with Crippen molar-refractivity contribution in [3.8, 4) is 11.5 Å². The van der Waals surface area contributed by atoms with E-state index in [-0.39, 0.29) is 133 Å². The van der Waals surface area contributed by atoms with Crippen molar-refractivity contribution in [1.29, 1.82) is 0 Å². The van der Waals surface area contributed by atoms with Gasteiger partial charge in [0.1, 0.15) is 82.2 Å². The van der Waals surface area contributed by atoms with Gasteiger partial charge in [0.2, 0.25) is 23.6 Å². The normalized spacial score (nSPS) is 18.0. The molecule has 10 atom stereocenters. The SMILES string of the molecule is CC(=O)c1cc(C[N+]2(CC(=O)C[C@@H](CCc3ccccc3)C(=O)N[C@@H](CC(C)C)C(=O)C[C@@H](Cc3ccccc3)C(=O)N[C@@H](CC(C)C)C(=O)[C@@]3(C)CO3)CCOCC2)ccc1OC(=O)C(C)(C)C.CO/N=C(\C)c1cc(C[N+]2(CC(=O)C[C@@H](CCc3ccccc3)C(=O)N[C@@H](CC(C)C)C(=O)C[C@@H](Cc3ccccc3)C(=O)N[C@@H](CC(C)C)C(=O)[C@@]3(C)CO3)CCOCC2)ccc1OC(=O)C(C)(C)C.CS(=O)(=O)[O-].CS(=O)(=O)[O-]. The predicted octanol–water partition coefficient (Wildman–Crippen LogP) is 13.8. The Balaban J connectivity index is 0.000000372. The number of amides is 4. The summed E-state index contributed by atoms with van der Waals surface area (Å²) in [5, 5.41) is 16.3. The van der Waals surface area contributed by atoms with E-state index in [9.17, 15) is 62.3 Å². The van der Waals surface area contributed by atoms with E-state index in [1.54, 1.807) is 80.5 Å². The van der Waals surface area contributed by atoms with Crippen molar-refractivity contribution in [1.82, 2.24) is 21.3 Å². The van der Waals surface area contributed by atoms with Crippen molar-refractivity contribution in [2.24, 2.45) is 63.3 Å². The number of morpholine rings is 2. The van der Waals surface area contributed by atoms with Crippen LogP contribution in [-0.2, 0) is 140 Å². The number of Topliss-reactive ketones (excluding diaryl/α,β-unsaturated/α-hetero) is 7. The van der Waals surface area contributed by atoms with Gasteiger partial charge in [-0.05, 0) is 216 Å². The van der Waals surface area contributed by atoms with Crippen LogP contribution in [0.15, 0.2) is 163 Å². The number of epoxide rings is 2. The van der Waals surface area contributed by atoms with Crippen molar-refractivity contribution in [2.75, 3.05) is 98.5 Å². The quantitative estimate of drug-likeness (QED) is 0.00403. The zero-order chi connectivity index (χ0) is 111. The van der Waals surface area contributed by atoms with E-state index in [2.05, 4.69) is 26.4 Å². The zero-order valence-electron chi connectivity index (χ0n) is 91.5. The lowest BCUT2D eigenvalue weighted by atomic mass is 9.87. The molecule has 0 saturated carbocycles. The molecule has 0 spiro atoms. The Labute approximate surface area is 887 Å². The molecule has 0 radical (unpaired) electrons. The van der Waals surface area contributed by atoms with Gasteiger partial charge in [-0.25, -0.2) is 16.8 Å². The number of hydrogen-bond donors (Lipinski definition) is 4. The van der Waals surface area contributed by atoms with Crippen molar-refractivity contribution >= 4 is 102 Å². The van der Waals surface area contributed by atoms with Crippen LogP contribution in [0.3, 0.4) is 0 Å². The smallest absolute Gasteiger partial charge is 0.316 e. The standard InChI is InChI=1S/C57H78N4O10.C56H75N3O10.2CH4O3S/c1-38(2)29-48(50(63)34-45(31-42-19-15-12-16-20-42)54(66)59-49(30-39(3)4)52(64)57(9)37-70-57)58-53(65)44(23-21-41-17-13-11-14-18-41)33-46(62)36-61(25-27-69-28-26-61)35-43-22-24-51(71-55(67)56(6,7)8)47(32-43)40(5)60-68-10;1-37(2)28-47(49(62)33-44(30-41-18-14-11-15-19-41)53(65)58-48(29-38(3)4)51(63)56(9)36-68-56)57-52(64)43(22-20-40-16-12-10-13-17-40)32-45(61)35-59(24-26-67-27-25-59)34-42-21-23-50(46(31-42)39(5)60)69-54(66)55(6,7)8;2*1-5(2,3)4/h11-20,22,24,32,38-39,44-45,48-49H,21,23,25-31,33-37H2,1-10H3,(H-,58,59,65,66);10-19,21,23,31,37-38,43-44,47-48H,20,22,24-30,32-36H2,1-9H3,(H-,57,58,64,65);2*1H3,(H,2,3,4)/b60-40+;;;/t44-,45-,48+,49+,57-;43-,44-,47+,48+,56-;;/m11../s1. The van der Waals surface area contributed by atoms with E-state index in [1.807, 2.05) is 195 Å². The largest absolute Gasteiger partial charge is 0.748 e. The summed E-state index contributed by atoms with van der Waals surface area (Å²) in [5.74, 6) is -6.24. The van der Waals surface area contributed by atoms with Crippen LogP contribution in [0.1, 0.15) is 238 Å². The van der Waals surface area contributed by atoms with E-state index in [1.165, 1.54) is 14.0 Å². The van der Waals surface area contributed by atoms with Crippen molar-refractivity contribution in [2.45, 2.75) is 263 Å². The van der Waals surface area contributed by atoms with Crippen LogP contribution in [0, 0.1) is 58.2 Å². The maximum absolute atomic E-state index is 14.7. The highest BCUT2D eigenvalue weighted by molar-refractivity contribution is 7.85. The number of nitrogens with zero attached hydrogens (tertiary/aromatic N) is 3. The van der Waals surface area contributed by atoms with Crippen LogP contribution in [-0.4, -0.2) is 251 Å². The maximum Gasteiger partial charge on any atom is 0.316 e. The van der Waals surface area contributed by atoms with Gasteiger partial charge in [-0.3, -0.25) is 62.3 Å². The highest BCUT2D eigenvalue weighted by Gasteiger charge is 2.52. The molecule has 4 heterocycles. The summed E-state index contributed by atoms with van der Waals surface area (Å²) < 4.78 is 89.2. The summed E-state index contributed by atoms with van der Waals surface area (Å²) in [6, 6.07) is 45.8. The highest BCUT2D eigenvalue weighted by atomic mass is 32.2. The van der Waals surface area contributed by atoms with Crippen LogP contribution in [0.2, 0.25) is 0 Å². The average molecular weight is 2120 g/mol. The molecule has 4 aliphatic heterocycles. The Bertz CT molecular complexity index is 5740. The number of oxime groups is 1. The molecule has 4 saturated heterocycles. The number of ketones is 7. The Morgan fingerprint density at radius 1 is 0.413 bits per heavy atom. The third kappa shape index (κ3) is 44.7. The lowest BCUT2D eigenvalue weighted by molar-refractivity contribution is -0.940. The van der Waals surface area contributed by atoms with Gasteiger partial charge in [0.05, 0.1) is 106 Å². The summed E-state index contributed by atoms with van der Waals surface area (Å²) in [4.78, 5) is 187. The third-order valence-electron chi connectivity index (χ3n) is 26.5. The molecule has 824 valence electrons. The average Bonchev–Trinajstić information content (AvgIpc) is 1.63. The molecule has 150 heavy (non-hydrogen) atoms. The molecule has 6 aromatic rings. The number of carbonyl (C=O) groups excluding carboxylic acids is 13. The number of esters is 2. The first-order chi connectivity index (χ1) is 70.2. The minimum Gasteiger partial charge on any atom is -0.748 e. The zero-order valence-corrected chi connectivity index (χ0v) is 93.1. The van der Waals surface area contributed by atoms with Crippen LogP contribution in [0.25, 0.3) is 0 Å². The fourth-order valence-corrected chi connectivity index (χ4v) is 18.2. The molecule has 33 nitrogen and oxygen atoms in total. The van der Waals surface area contributed by atoms with Gasteiger partial charge in [0.25, 0.3) is 0 Å². The molecule has 4 amide bonds. The maximum atomic E-state index is 14.7. The summed E-state index contributed by atoms with van der Waals surface area (Å²) in [6.45, 7) is 38.8. The Kier molecular flexibility index (Phi) is 48.7. The lowest BCUT2D eigenvalue weighted by Gasteiger charge is -2.41. The molecule has 0 aromatic heterocycles. The van der Waals surface area contributed by atoms with Gasteiger partial charge in [-0.1, -0.05) is 182 Å². The van der Waals surface area contributed by atoms with Crippen molar-refractivity contribution in [3.63, 3.8) is 0 Å². The molecule has 4 aliphatic rings. The second-order valence-corrected chi connectivity index (χ2v) is 47.6. The lowest BCUT2D eigenvalue weighted by Crippen LogP contribution is -2.57. The predicted molar refractivity (Wildman–Crippen MR) is 569 cm³/mol. The number of benzene rings is 6. The first kappa shape index (κ1) is 126. The molecule has 0 unspecified atom stereocenters. The fraction of sp³-hybridized carbons (Fsp3) is 0.565. The van der Waals surface area contributed by atoms with Gasteiger partial charge in [-0.2, -0.15) is 0 Å². The van der Waals surface area contributed by atoms with Crippen molar-refractivity contribution in [3.05, 3.63) is 202 Å². The second-order valence-electron chi connectivity index (χ2n) is 44.8. The number of aryl methyl sites for hydroxylation is 2. The molecular formula is C115H161N7O26S2. The van der Waals surface area contributed by atoms with Gasteiger partial charge in [0.15, 0.2) is 40.5 Å². The highest BCUT2D eigenvalue weighted by Crippen LogP contribution is 2.36. The summed E-state index contributed by atoms with van der Waals surface area (Å²) >= 11 is 0. The molecule has 0 aliphatic carbocycles. The minimum atomic E-state index is -3.92. The van der Waals surface area contributed by atoms with Crippen molar-refractivity contribution < 1.29 is 130 Å². The minimum absolute atomic E-state index is 0.00572. The Hall–Kier alpha value is -11.1. The van der Waals surface area contributed by atoms with E-state index in [0.29, 0.717) is 169 Å². The van der Waals surface area contributed by atoms with Crippen LogP contribution >= 0.6 is 0 Å². The van der Waals surface area contributed by atoms with Crippen LogP contribution < -0.4 is 30.7 Å². The fourth-order valence-electron chi connectivity index (χ4n) is 18.2. The van der Waals surface area contributed by atoms with E-state index in [0.717, 1.165) is 33.4 Å². The van der Waals surface area contributed by atoms with E-state index in [4.69, 9.17) is 59.2 Å². The van der Waals surface area contributed by atoms with Crippen LogP contribution in [0.5, 0.6) is 11.5 Å². The molecule has 4 N–H and O–H groups in total. The van der Waals surface area contributed by atoms with Gasteiger partial charge < -0.3 is 72.6 Å². The number of hydrogen-bond acceptors (Lipinski definition) is 27. The molecule has 4 fully saturated rings. The topological polar surface area (TPSA) is 468 Å². The summed E-state index contributed by atoms with van der Waals surface area (Å²) in [5.41, 5.74) is 3.47. The third-order valence-corrected chi connectivity index (χ3v) is 26.5. The van der Waals surface area contributed by atoms with Crippen LogP contribution in [0.4, 0.5) is 0 Å². The van der Waals surface area contributed by atoms with E-state index < -0.39 is 120 Å². The first-order valence-corrected chi connectivity index (χ1v) is 55.6. The summed E-state index contributed by atoms with van der Waals surface area (Å²) in [7, 11) is -6.38. The molecule has 10 rings (SSSR count). The summed E-state index contributed by atoms with van der Waals surface area (Å²) in [6.07, 6.45) is 4.58. The van der Waals surface area contributed by atoms with Gasteiger partial charge in [-0.15, -0.1) is 0 Å². The number of rotatable bonds is 53. The molecule has 35 heteroatoms. The first-order valence-electron chi connectivity index (χ1n) is 52.0. The number of quaternary nitrogens is 2. The number of carbonyl (C=O) groups is 13. The molecule has 6 aromatic carbocycles. The van der Waals surface area contributed by atoms with E-state index >= 15 is 0 Å².